The predicted octanol–water partition coefficient (Wildman–Crippen LogP) is 3.61. The molecule has 0 saturated heterocycles. The molecule has 31 heavy (non-hydrogen) atoms. The van der Waals surface area contributed by atoms with Crippen molar-refractivity contribution in [1.29, 1.82) is 0 Å². The highest BCUT2D eigenvalue weighted by molar-refractivity contribution is 5.90. The maximum absolute atomic E-state index is 9.99. The summed E-state index contributed by atoms with van der Waals surface area (Å²) in [6.07, 6.45) is 5.37. The number of hydrogen-bond donors (Lipinski definition) is 3. The molecule has 2 heterocycles. The van der Waals surface area contributed by atoms with Gasteiger partial charge in [-0.15, -0.1) is 0 Å². The Balaban J connectivity index is 1.88. The molecule has 0 saturated carbocycles. The van der Waals surface area contributed by atoms with Crippen molar-refractivity contribution < 1.29 is 5.11 Å². The number of hydrogen-bond acceptors (Lipinski definition) is 7. The highest BCUT2D eigenvalue weighted by Crippen LogP contribution is 2.27. The number of pyridine rings is 1. The SMILES string of the molecule is CCCC[C@](C)(CO)Nc1nc(N)nc2cnc(Cc3ccc(CN(C)C)cc3)cc12. The third-order valence-electron chi connectivity index (χ3n) is 5.41. The molecular weight excluding hydrogens is 388 g/mol. The molecule has 0 unspecified atom stereocenters. The second-order valence-electron chi connectivity index (χ2n) is 8.80. The van der Waals surface area contributed by atoms with Crippen molar-refractivity contribution in [2.24, 2.45) is 0 Å². The van der Waals surface area contributed by atoms with Crippen LogP contribution in [0, 0.1) is 0 Å². The zero-order valence-electron chi connectivity index (χ0n) is 19.0. The number of aromatic nitrogens is 3. The van der Waals surface area contributed by atoms with E-state index in [2.05, 4.69) is 70.5 Å². The molecule has 3 aromatic rings. The summed E-state index contributed by atoms with van der Waals surface area (Å²) in [5.41, 5.74) is 9.57. The van der Waals surface area contributed by atoms with Gasteiger partial charge in [0.1, 0.15) is 5.82 Å². The number of rotatable bonds is 10. The quantitative estimate of drug-likeness (QED) is 0.459. The normalized spacial score (nSPS) is 13.5. The Hall–Kier alpha value is -2.77. The highest BCUT2D eigenvalue weighted by atomic mass is 16.3. The standard InChI is InChI=1S/C24H34N6O/c1-5-6-11-24(2,16-31)29-22-20-13-19(26-14-21(20)27-23(25)28-22)12-17-7-9-18(10-8-17)15-30(3)4/h7-10,13-14,31H,5-6,11-12,15-16H2,1-4H3,(H3,25,27,28,29)/t24-/m1/s1. The molecule has 3 rings (SSSR count). The first kappa shape index (κ1) is 22.9. The number of aliphatic hydroxyl groups excluding tert-OH is 1. The molecule has 166 valence electrons. The Labute approximate surface area is 184 Å². The molecule has 0 radical (unpaired) electrons. The predicted molar refractivity (Wildman–Crippen MR) is 127 cm³/mol. The van der Waals surface area contributed by atoms with Crippen LogP contribution in [0.5, 0.6) is 0 Å². The van der Waals surface area contributed by atoms with E-state index < -0.39 is 5.54 Å². The van der Waals surface area contributed by atoms with E-state index in [4.69, 9.17) is 5.73 Å². The van der Waals surface area contributed by atoms with Crippen molar-refractivity contribution in [3.05, 3.63) is 53.3 Å². The summed E-state index contributed by atoms with van der Waals surface area (Å²) in [6.45, 7) is 5.07. The molecule has 2 aromatic heterocycles. The lowest BCUT2D eigenvalue weighted by Gasteiger charge is -2.30. The minimum atomic E-state index is -0.477. The Bertz CT molecular complexity index is 1000. The first-order valence-corrected chi connectivity index (χ1v) is 10.9. The number of nitrogen functional groups attached to an aromatic ring is 1. The third kappa shape index (κ3) is 6.12. The summed E-state index contributed by atoms with van der Waals surface area (Å²) < 4.78 is 0. The minimum Gasteiger partial charge on any atom is -0.394 e. The monoisotopic (exact) mass is 422 g/mol. The lowest BCUT2D eigenvalue weighted by Crippen LogP contribution is -2.39. The molecular formula is C24H34N6O. The average molecular weight is 423 g/mol. The van der Waals surface area contributed by atoms with Crippen molar-refractivity contribution in [3.8, 4) is 0 Å². The zero-order valence-corrected chi connectivity index (χ0v) is 19.0. The molecule has 1 aromatic carbocycles. The fraction of sp³-hybridized carbons (Fsp3) is 0.458. The number of benzene rings is 1. The number of nitrogens with zero attached hydrogens (tertiary/aromatic N) is 4. The van der Waals surface area contributed by atoms with Crippen LogP contribution in [-0.4, -0.2) is 51.2 Å². The number of nitrogens with two attached hydrogens (primary N) is 1. The van der Waals surface area contributed by atoms with Gasteiger partial charge in [-0.2, -0.15) is 4.98 Å². The smallest absolute Gasteiger partial charge is 0.222 e. The second-order valence-corrected chi connectivity index (χ2v) is 8.80. The van der Waals surface area contributed by atoms with Gasteiger partial charge in [-0.1, -0.05) is 44.0 Å². The number of fused-ring (bicyclic) bond motifs is 1. The fourth-order valence-corrected chi connectivity index (χ4v) is 3.66. The maximum Gasteiger partial charge on any atom is 0.222 e. The van der Waals surface area contributed by atoms with Gasteiger partial charge < -0.3 is 21.1 Å². The van der Waals surface area contributed by atoms with Gasteiger partial charge in [0.2, 0.25) is 5.95 Å². The molecule has 4 N–H and O–H groups in total. The van der Waals surface area contributed by atoms with Crippen LogP contribution in [0.2, 0.25) is 0 Å². The molecule has 0 aliphatic carbocycles. The van der Waals surface area contributed by atoms with E-state index in [1.807, 2.05) is 13.0 Å². The Morgan fingerprint density at radius 3 is 2.48 bits per heavy atom. The van der Waals surface area contributed by atoms with E-state index in [0.717, 1.165) is 43.3 Å². The molecule has 7 nitrogen and oxygen atoms in total. The van der Waals surface area contributed by atoms with Gasteiger partial charge in [-0.05, 0) is 44.6 Å². The largest absolute Gasteiger partial charge is 0.394 e. The number of aliphatic hydroxyl groups is 1. The average Bonchev–Trinajstić information content (AvgIpc) is 2.73. The van der Waals surface area contributed by atoms with Crippen LogP contribution in [0.1, 0.15) is 49.9 Å². The van der Waals surface area contributed by atoms with Crippen LogP contribution in [0.15, 0.2) is 36.5 Å². The van der Waals surface area contributed by atoms with Gasteiger partial charge in [0.05, 0.1) is 23.9 Å². The maximum atomic E-state index is 9.99. The topological polar surface area (TPSA) is 100 Å². The van der Waals surface area contributed by atoms with E-state index in [1.54, 1.807) is 6.20 Å². The van der Waals surface area contributed by atoms with Crippen molar-refractivity contribution in [2.45, 2.75) is 51.6 Å². The van der Waals surface area contributed by atoms with Crippen LogP contribution in [0.4, 0.5) is 11.8 Å². The number of unbranched alkanes of at least 4 members (excludes halogenated alkanes) is 1. The van der Waals surface area contributed by atoms with Crippen molar-refractivity contribution >= 4 is 22.7 Å². The van der Waals surface area contributed by atoms with Gasteiger partial charge in [-0.25, -0.2) is 4.98 Å². The lowest BCUT2D eigenvalue weighted by atomic mass is 9.95. The van der Waals surface area contributed by atoms with E-state index in [1.165, 1.54) is 11.1 Å². The summed E-state index contributed by atoms with van der Waals surface area (Å²) in [5, 5.41) is 14.3. The minimum absolute atomic E-state index is 0.00956. The van der Waals surface area contributed by atoms with Gasteiger partial charge >= 0.3 is 0 Å². The van der Waals surface area contributed by atoms with Crippen molar-refractivity contribution in [2.75, 3.05) is 31.8 Å². The van der Waals surface area contributed by atoms with Crippen LogP contribution >= 0.6 is 0 Å². The molecule has 0 fully saturated rings. The molecule has 0 aliphatic heterocycles. The Morgan fingerprint density at radius 2 is 1.84 bits per heavy atom. The van der Waals surface area contributed by atoms with E-state index in [-0.39, 0.29) is 12.6 Å². The molecule has 0 aliphatic rings. The number of anilines is 2. The summed E-state index contributed by atoms with van der Waals surface area (Å²) in [4.78, 5) is 15.5. The molecule has 0 spiro atoms. The van der Waals surface area contributed by atoms with Crippen LogP contribution in [0.3, 0.4) is 0 Å². The van der Waals surface area contributed by atoms with Crippen LogP contribution < -0.4 is 11.1 Å². The first-order valence-electron chi connectivity index (χ1n) is 10.9. The lowest BCUT2D eigenvalue weighted by molar-refractivity contribution is 0.212. The van der Waals surface area contributed by atoms with E-state index >= 15 is 0 Å². The van der Waals surface area contributed by atoms with Gasteiger partial charge in [0.25, 0.3) is 0 Å². The third-order valence-corrected chi connectivity index (χ3v) is 5.41. The summed E-state index contributed by atoms with van der Waals surface area (Å²) in [7, 11) is 4.13. The summed E-state index contributed by atoms with van der Waals surface area (Å²) >= 11 is 0. The number of nitrogens with one attached hydrogen (secondary N) is 1. The zero-order chi connectivity index (χ0) is 22.4. The first-order chi connectivity index (χ1) is 14.8. The molecule has 0 amide bonds. The second kappa shape index (κ2) is 10.0. The van der Waals surface area contributed by atoms with Gasteiger partial charge in [0, 0.05) is 24.0 Å². The van der Waals surface area contributed by atoms with E-state index in [0.29, 0.717) is 11.3 Å². The van der Waals surface area contributed by atoms with Gasteiger partial charge in [0.15, 0.2) is 0 Å². The highest BCUT2D eigenvalue weighted by Gasteiger charge is 2.24. The van der Waals surface area contributed by atoms with Crippen molar-refractivity contribution in [1.82, 2.24) is 19.9 Å². The molecule has 1 atom stereocenters. The molecule has 0 bridgehead atoms. The molecule has 7 heteroatoms. The summed E-state index contributed by atoms with van der Waals surface area (Å²) in [5.74, 6) is 0.831. The Morgan fingerprint density at radius 1 is 1.13 bits per heavy atom. The van der Waals surface area contributed by atoms with Crippen molar-refractivity contribution in [3.63, 3.8) is 0 Å². The Kier molecular flexibility index (Phi) is 7.41. The fourth-order valence-electron chi connectivity index (χ4n) is 3.66. The van der Waals surface area contributed by atoms with Crippen LogP contribution in [-0.2, 0) is 13.0 Å². The van der Waals surface area contributed by atoms with Crippen LogP contribution in [0.25, 0.3) is 10.9 Å². The van der Waals surface area contributed by atoms with E-state index in [9.17, 15) is 5.11 Å². The summed E-state index contributed by atoms with van der Waals surface area (Å²) in [6, 6.07) is 10.6. The van der Waals surface area contributed by atoms with Gasteiger partial charge in [-0.3, -0.25) is 4.98 Å².